The SMILES string of the molecule is Cc1[c]nnc(-c2ccccc2)c1. The van der Waals surface area contributed by atoms with Gasteiger partial charge >= 0.3 is 0 Å². The van der Waals surface area contributed by atoms with Gasteiger partial charge in [0.1, 0.15) is 6.20 Å². The highest BCUT2D eigenvalue weighted by atomic mass is 15.1. The molecular weight excluding hydrogens is 160 g/mol. The molecule has 1 heterocycles. The quantitative estimate of drug-likeness (QED) is 0.654. The highest BCUT2D eigenvalue weighted by molar-refractivity contribution is 5.58. The zero-order valence-corrected chi connectivity index (χ0v) is 7.36. The van der Waals surface area contributed by atoms with Gasteiger partial charge in [0.25, 0.3) is 0 Å². The zero-order valence-electron chi connectivity index (χ0n) is 7.36. The molecule has 0 atom stereocenters. The van der Waals surface area contributed by atoms with E-state index < -0.39 is 0 Å². The van der Waals surface area contributed by atoms with E-state index in [1.165, 1.54) is 0 Å². The lowest BCUT2D eigenvalue weighted by Crippen LogP contribution is -1.88. The van der Waals surface area contributed by atoms with Gasteiger partial charge in [-0.25, -0.2) is 0 Å². The summed E-state index contributed by atoms with van der Waals surface area (Å²) in [6.07, 6.45) is 2.78. The van der Waals surface area contributed by atoms with Gasteiger partial charge in [-0.1, -0.05) is 30.3 Å². The zero-order chi connectivity index (χ0) is 9.10. The van der Waals surface area contributed by atoms with E-state index in [4.69, 9.17) is 0 Å². The van der Waals surface area contributed by atoms with Crippen LogP contribution in [0.4, 0.5) is 0 Å². The maximum atomic E-state index is 4.00. The van der Waals surface area contributed by atoms with Crippen LogP contribution in [-0.2, 0) is 0 Å². The number of hydrogen-bond acceptors (Lipinski definition) is 2. The van der Waals surface area contributed by atoms with Crippen molar-refractivity contribution in [1.82, 2.24) is 10.2 Å². The van der Waals surface area contributed by atoms with E-state index in [9.17, 15) is 0 Å². The second-order valence-corrected chi connectivity index (χ2v) is 2.89. The van der Waals surface area contributed by atoms with Crippen LogP contribution in [0.5, 0.6) is 0 Å². The maximum Gasteiger partial charge on any atom is 0.116 e. The maximum absolute atomic E-state index is 4.00. The molecule has 0 saturated heterocycles. The van der Waals surface area contributed by atoms with Crippen LogP contribution < -0.4 is 0 Å². The molecule has 1 aromatic carbocycles. The number of benzene rings is 1. The number of nitrogens with zero attached hydrogens (tertiary/aromatic N) is 2. The topological polar surface area (TPSA) is 25.8 Å². The van der Waals surface area contributed by atoms with Crippen LogP contribution in [0.25, 0.3) is 11.3 Å². The Morgan fingerprint density at radius 2 is 1.92 bits per heavy atom. The van der Waals surface area contributed by atoms with Crippen LogP contribution in [0.2, 0.25) is 0 Å². The Morgan fingerprint density at radius 3 is 2.62 bits per heavy atom. The van der Waals surface area contributed by atoms with Gasteiger partial charge in [0.05, 0.1) is 5.69 Å². The Balaban J connectivity index is 2.48. The van der Waals surface area contributed by atoms with Crippen LogP contribution >= 0.6 is 0 Å². The number of aryl methyl sites for hydroxylation is 1. The normalized spacial score (nSPS) is 9.92. The van der Waals surface area contributed by atoms with Gasteiger partial charge in [0, 0.05) is 5.56 Å². The molecule has 2 rings (SSSR count). The van der Waals surface area contributed by atoms with Crippen molar-refractivity contribution in [3.63, 3.8) is 0 Å². The van der Waals surface area contributed by atoms with E-state index in [1.807, 2.05) is 43.3 Å². The summed E-state index contributed by atoms with van der Waals surface area (Å²) in [7, 11) is 0. The van der Waals surface area contributed by atoms with Gasteiger partial charge in [-0.05, 0) is 18.6 Å². The summed E-state index contributed by atoms with van der Waals surface area (Å²) in [6.45, 7) is 1.96. The van der Waals surface area contributed by atoms with Crippen molar-refractivity contribution in [1.29, 1.82) is 0 Å². The summed E-state index contributed by atoms with van der Waals surface area (Å²) >= 11 is 0. The molecule has 0 aliphatic rings. The van der Waals surface area contributed by atoms with Gasteiger partial charge in [-0.3, -0.25) is 0 Å². The summed E-state index contributed by atoms with van der Waals surface area (Å²) in [6, 6.07) is 12.0. The van der Waals surface area contributed by atoms with Crippen LogP contribution in [0.1, 0.15) is 5.56 Å². The van der Waals surface area contributed by atoms with Gasteiger partial charge in [-0.2, -0.15) is 0 Å². The van der Waals surface area contributed by atoms with Crippen LogP contribution in [0.3, 0.4) is 0 Å². The lowest BCUT2D eigenvalue weighted by molar-refractivity contribution is 1.01. The third-order valence-electron chi connectivity index (χ3n) is 1.81. The molecular formula is C11H9N2. The summed E-state index contributed by atoms with van der Waals surface area (Å²) in [4.78, 5) is 0. The lowest BCUT2D eigenvalue weighted by atomic mass is 10.1. The van der Waals surface area contributed by atoms with Gasteiger partial charge in [0.15, 0.2) is 0 Å². The molecule has 0 aliphatic heterocycles. The first kappa shape index (κ1) is 7.92. The molecule has 1 aromatic heterocycles. The van der Waals surface area contributed by atoms with Crippen molar-refractivity contribution < 1.29 is 0 Å². The fourth-order valence-corrected chi connectivity index (χ4v) is 1.17. The lowest BCUT2D eigenvalue weighted by Gasteiger charge is -1.98. The van der Waals surface area contributed by atoms with E-state index in [1.54, 1.807) is 0 Å². The molecule has 1 radical (unpaired) electrons. The van der Waals surface area contributed by atoms with Crippen molar-refractivity contribution in [2.24, 2.45) is 0 Å². The Labute approximate surface area is 77.3 Å². The average Bonchev–Trinajstić information content (AvgIpc) is 2.19. The highest BCUT2D eigenvalue weighted by Crippen LogP contribution is 2.15. The smallest absolute Gasteiger partial charge is 0.116 e. The minimum atomic E-state index is 0.900. The predicted octanol–water partition coefficient (Wildman–Crippen LogP) is 2.25. The molecule has 0 aliphatic carbocycles. The molecule has 0 N–H and O–H groups in total. The van der Waals surface area contributed by atoms with E-state index >= 15 is 0 Å². The van der Waals surface area contributed by atoms with Crippen molar-refractivity contribution in [3.8, 4) is 11.3 Å². The molecule has 0 bridgehead atoms. The third-order valence-corrected chi connectivity index (χ3v) is 1.81. The van der Waals surface area contributed by atoms with Crippen molar-refractivity contribution in [3.05, 3.63) is 48.2 Å². The third kappa shape index (κ3) is 1.72. The Hall–Kier alpha value is -1.70. The number of aromatic nitrogens is 2. The monoisotopic (exact) mass is 169 g/mol. The second-order valence-electron chi connectivity index (χ2n) is 2.89. The van der Waals surface area contributed by atoms with Gasteiger partial charge in [0.2, 0.25) is 0 Å². The van der Waals surface area contributed by atoms with Crippen LogP contribution in [0, 0.1) is 13.1 Å². The second kappa shape index (κ2) is 3.35. The minimum Gasteiger partial charge on any atom is -0.150 e. The van der Waals surface area contributed by atoms with Gasteiger partial charge in [-0.15, -0.1) is 10.2 Å². The molecule has 2 aromatic rings. The Bertz CT molecular complexity index is 396. The fourth-order valence-electron chi connectivity index (χ4n) is 1.17. The van der Waals surface area contributed by atoms with Crippen LogP contribution in [0.15, 0.2) is 36.4 Å². The molecule has 0 unspecified atom stereocenters. The summed E-state index contributed by atoms with van der Waals surface area (Å²) in [5, 5.41) is 7.79. The van der Waals surface area contributed by atoms with E-state index in [2.05, 4.69) is 16.4 Å². The predicted molar refractivity (Wildman–Crippen MR) is 51.0 cm³/mol. The first-order valence-corrected chi connectivity index (χ1v) is 4.14. The van der Waals surface area contributed by atoms with E-state index in [0.717, 1.165) is 16.8 Å². The molecule has 0 fully saturated rings. The first-order chi connectivity index (χ1) is 6.36. The number of hydrogen-bond donors (Lipinski definition) is 0. The largest absolute Gasteiger partial charge is 0.150 e. The molecule has 0 amide bonds. The average molecular weight is 169 g/mol. The summed E-state index contributed by atoms with van der Waals surface area (Å²) < 4.78 is 0. The molecule has 63 valence electrons. The van der Waals surface area contributed by atoms with E-state index in [0.29, 0.717) is 0 Å². The standard InChI is InChI=1S/C11H9N2/c1-9-7-11(13-12-8-9)10-5-3-2-4-6-10/h2-7H,1H3. The molecule has 13 heavy (non-hydrogen) atoms. The van der Waals surface area contributed by atoms with Crippen molar-refractivity contribution in [2.75, 3.05) is 0 Å². The summed E-state index contributed by atoms with van der Waals surface area (Å²) in [5.41, 5.74) is 3.00. The molecule has 0 saturated carbocycles. The van der Waals surface area contributed by atoms with Gasteiger partial charge < -0.3 is 0 Å². The van der Waals surface area contributed by atoms with Crippen molar-refractivity contribution in [2.45, 2.75) is 6.92 Å². The van der Waals surface area contributed by atoms with E-state index in [-0.39, 0.29) is 0 Å². The number of rotatable bonds is 1. The molecule has 2 nitrogen and oxygen atoms in total. The summed E-state index contributed by atoms with van der Waals surface area (Å²) in [5.74, 6) is 0. The Morgan fingerprint density at radius 1 is 1.15 bits per heavy atom. The molecule has 2 heteroatoms. The highest BCUT2D eigenvalue weighted by Gasteiger charge is 1.97. The van der Waals surface area contributed by atoms with Crippen molar-refractivity contribution >= 4 is 0 Å². The minimum absolute atomic E-state index is 0.900. The van der Waals surface area contributed by atoms with Crippen LogP contribution in [-0.4, -0.2) is 10.2 Å². The fraction of sp³-hybridized carbons (Fsp3) is 0.0909. The molecule has 0 spiro atoms. The first-order valence-electron chi connectivity index (χ1n) is 4.14. The Kier molecular flexibility index (Phi) is 2.04.